The number of imidazole rings is 1. The molecule has 3 aromatic rings. The van der Waals surface area contributed by atoms with Crippen LogP contribution >= 0.6 is 11.3 Å². The van der Waals surface area contributed by atoms with E-state index in [9.17, 15) is 0 Å². The molecule has 0 spiro atoms. The molecule has 1 N–H and O–H groups in total. The van der Waals surface area contributed by atoms with Crippen molar-refractivity contribution in [2.24, 2.45) is 0 Å². The highest BCUT2D eigenvalue weighted by Gasteiger charge is 2.03. The highest BCUT2D eigenvalue weighted by molar-refractivity contribution is 7.17. The Morgan fingerprint density at radius 3 is 3.22 bits per heavy atom. The number of thiophene rings is 1. The third-order valence-electron chi connectivity index (χ3n) is 2.69. The van der Waals surface area contributed by atoms with Crippen LogP contribution in [0.3, 0.4) is 0 Å². The lowest BCUT2D eigenvalue weighted by Crippen LogP contribution is -2.07. The van der Waals surface area contributed by atoms with E-state index in [1.807, 2.05) is 24.0 Å². The topological polar surface area (TPSA) is 55.6 Å². The fraction of sp³-hybridized carbons (Fsp3) is 0.250. The second kappa shape index (κ2) is 5.14. The molecule has 92 valence electrons. The zero-order valence-corrected chi connectivity index (χ0v) is 10.6. The highest BCUT2D eigenvalue weighted by atomic mass is 32.1. The van der Waals surface area contributed by atoms with Crippen molar-refractivity contribution in [1.82, 2.24) is 19.5 Å². The van der Waals surface area contributed by atoms with Crippen molar-refractivity contribution in [2.75, 3.05) is 11.9 Å². The van der Waals surface area contributed by atoms with E-state index in [1.165, 1.54) is 0 Å². The average Bonchev–Trinajstić information content (AvgIpc) is 3.05. The van der Waals surface area contributed by atoms with Crippen LogP contribution in [0.2, 0.25) is 0 Å². The standard InChI is InChI=1S/C12H13N5S/c1(5-17-6-4-13-9-17)3-14-12-11-10(2-7-18-11)15-8-16-12/h2,4,6-9H,1,3,5H2,(H,14,15,16). The van der Waals surface area contributed by atoms with Gasteiger partial charge < -0.3 is 9.88 Å². The summed E-state index contributed by atoms with van der Waals surface area (Å²) in [6.07, 6.45) is 8.25. The Labute approximate surface area is 109 Å². The molecule has 0 amide bonds. The van der Waals surface area contributed by atoms with E-state index in [0.717, 1.165) is 35.5 Å². The summed E-state index contributed by atoms with van der Waals surface area (Å²) in [6, 6.07) is 2.01. The van der Waals surface area contributed by atoms with Gasteiger partial charge in [0.25, 0.3) is 0 Å². The maximum Gasteiger partial charge on any atom is 0.147 e. The van der Waals surface area contributed by atoms with Gasteiger partial charge in [0.15, 0.2) is 0 Å². The first-order valence-electron chi connectivity index (χ1n) is 5.81. The monoisotopic (exact) mass is 259 g/mol. The van der Waals surface area contributed by atoms with E-state index < -0.39 is 0 Å². The van der Waals surface area contributed by atoms with Crippen LogP contribution in [0.4, 0.5) is 5.82 Å². The third kappa shape index (κ3) is 2.33. The van der Waals surface area contributed by atoms with Gasteiger partial charge in [-0.25, -0.2) is 15.0 Å². The molecular weight excluding hydrogens is 246 g/mol. The smallest absolute Gasteiger partial charge is 0.147 e. The number of hydrogen-bond donors (Lipinski definition) is 1. The molecule has 0 aliphatic carbocycles. The summed E-state index contributed by atoms with van der Waals surface area (Å²) in [4.78, 5) is 12.5. The lowest BCUT2D eigenvalue weighted by Gasteiger charge is -2.06. The molecule has 0 unspecified atom stereocenters. The fourth-order valence-electron chi connectivity index (χ4n) is 1.80. The van der Waals surface area contributed by atoms with Crippen LogP contribution in [0.15, 0.2) is 36.5 Å². The maximum absolute atomic E-state index is 4.28. The van der Waals surface area contributed by atoms with Gasteiger partial charge in [0.2, 0.25) is 0 Å². The number of aromatic nitrogens is 4. The Kier molecular flexibility index (Phi) is 3.18. The molecule has 6 heteroatoms. The number of nitrogens with zero attached hydrogens (tertiary/aromatic N) is 4. The summed E-state index contributed by atoms with van der Waals surface area (Å²) in [5, 5.41) is 5.40. The predicted octanol–water partition coefficient (Wildman–Crippen LogP) is 2.39. The van der Waals surface area contributed by atoms with E-state index in [1.54, 1.807) is 23.9 Å². The molecular formula is C12H13N5S. The van der Waals surface area contributed by atoms with Gasteiger partial charge in [-0.15, -0.1) is 11.3 Å². The van der Waals surface area contributed by atoms with Crippen molar-refractivity contribution in [1.29, 1.82) is 0 Å². The highest BCUT2D eigenvalue weighted by Crippen LogP contribution is 2.24. The molecule has 0 saturated carbocycles. The van der Waals surface area contributed by atoms with Gasteiger partial charge in [-0.3, -0.25) is 0 Å². The summed E-state index contributed by atoms with van der Waals surface area (Å²) < 4.78 is 3.20. The zero-order chi connectivity index (χ0) is 12.2. The van der Waals surface area contributed by atoms with E-state index >= 15 is 0 Å². The van der Waals surface area contributed by atoms with Crippen LogP contribution in [-0.2, 0) is 6.54 Å². The Morgan fingerprint density at radius 1 is 1.33 bits per heavy atom. The summed E-state index contributed by atoms with van der Waals surface area (Å²) in [5.41, 5.74) is 1.01. The Bertz CT molecular complexity index is 616. The number of fused-ring (bicyclic) bond motifs is 1. The molecule has 3 rings (SSSR count). The molecule has 5 nitrogen and oxygen atoms in total. The second-order valence-electron chi connectivity index (χ2n) is 3.94. The summed E-state index contributed by atoms with van der Waals surface area (Å²) >= 11 is 1.67. The molecule has 18 heavy (non-hydrogen) atoms. The summed E-state index contributed by atoms with van der Waals surface area (Å²) in [6.45, 7) is 1.86. The fourth-order valence-corrected chi connectivity index (χ4v) is 2.61. The van der Waals surface area contributed by atoms with Crippen molar-refractivity contribution in [3.63, 3.8) is 0 Å². The number of nitrogens with one attached hydrogen (secondary N) is 1. The second-order valence-corrected chi connectivity index (χ2v) is 4.85. The van der Waals surface area contributed by atoms with Crippen LogP contribution in [-0.4, -0.2) is 26.1 Å². The minimum atomic E-state index is 0.891. The van der Waals surface area contributed by atoms with E-state index in [4.69, 9.17) is 0 Å². The Morgan fingerprint density at radius 2 is 2.33 bits per heavy atom. The normalized spacial score (nSPS) is 10.9. The molecule has 3 heterocycles. The van der Waals surface area contributed by atoms with Gasteiger partial charge in [-0.1, -0.05) is 0 Å². The van der Waals surface area contributed by atoms with Crippen molar-refractivity contribution < 1.29 is 0 Å². The summed E-state index contributed by atoms with van der Waals surface area (Å²) in [5.74, 6) is 0.931. The molecule has 0 aromatic carbocycles. The van der Waals surface area contributed by atoms with Crippen LogP contribution in [0.1, 0.15) is 6.42 Å². The van der Waals surface area contributed by atoms with Gasteiger partial charge in [-0.05, 0) is 17.9 Å². The predicted molar refractivity (Wildman–Crippen MR) is 72.7 cm³/mol. The summed E-state index contributed by atoms with van der Waals surface area (Å²) in [7, 11) is 0. The van der Waals surface area contributed by atoms with Gasteiger partial charge in [-0.2, -0.15) is 0 Å². The zero-order valence-electron chi connectivity index (χ0n) is 9.78. The molecule has 3 aromatic heterocycles. The van der Waals surface area contributed by atoms with E-state index in [-0.39, 0.29) is 0 Å². The van der Waals surface area contributed by atoms with Gasteiger partial charge in [0.05, 0.1) is 16.5 Å². The molecule has 0 radical (unpaired) electrons. The largest absolute Gasteiger partial charge is 0.369 e. The Hall–Kier alpha value is -1.95. The minimum absolute atomic E-state index is 0.891. The average molecular weight is 259 g/mol. The van der Waals surface area contributed by atoms with Crippen LogP contribution in [0.25, 0.3) is 10.2 Å². The lowest BCUT2D eigenvalue weighted by atomic mass is 10.4. The van der Waals surface area contributed by atoms with Crippen molar-refractivity contribution >= 4 is 27.4 Å². The van der Waals surface area contributed by atoms with Gasteiger partial charge in [0, 0.05) is 25.5 Å². The maximum atomic E-state index is 4.28. The van der Waals surface area contributed by atoms with E-state index in [0.29, 0.717) is 0 Å². The number of aryl methyl sites for hydroxylation is 1. The molecule has 0 bridgehead atoms. The van der Waals surface area contributed by atoms with Crippen molar-refractivity contribution in [3.8, 4) is 0 Å². The van der Waals surface area contributed by atoms with Crippen LogP contribution < -0.4 is 5.32 Å². The van der Waals surface area contributed by atoms with Crippen molar-refractivity contribution in [2.45, 2.75) is 13.0 Å². The molecule has 0 saturated heterocycles. The molecule has 0 fully saturated rings. The SMILES string of the molecule is c1cn(CCCNc2ncnc3ccsc23)cn1. The molecule has 0 aliphatic rings. The Balaban J connectivity index is 1.58. The van der Waals surface area contributed by atoms with Crippen LogP contribution in [0.5, 0.6) is 0 Å². The first-order chi connectivity index (χ1) is 8.93. The number of rotatable bonds is 5. The minimum Gasteiger partial charge on any atom is -0.369 e. The number of hydrogen-bond acceptors (Lipinski definition) is 5. The first-order valence-corrected chi connectivity index (χ1v) is 6.69. The lowest BCUT2D eigenvalue weighted by molar-refractivity contribution is 0.660. The third-order valence-corrected chi connectivity index (χ3v) is 3.60. The number of anilines is 1. The van der Waals surface area contributed by atoms with Gasteiger partial charge >= 0.3 is 0 Å². The van der Waals surface area contributed by atoms with E-state index in [2.05, 4.69) is 24.8 Å². The first kappa shape index (κ1) is 11.2. The quantitative estimate of drug-likeness (QED) is 0.715. The molecule has 0 aliphatic heterocycles. The van der Waals surface area contributed by atoms with Crippen LogP contribution in [0, 0.1) is 0 Å². The molecule has 0 atom stereocenters. The van der Waals surface area contributed by atoms with Gasteiger partial charge in [0.1, 0.15) is 12.1 Å². The van der Waals surface area contributed by atoms with Crippen molar-refractivity contribution in [3.05, 3.63) is 36.5 Å².